The van der Waals surface area contributed by atoms with Gasteiger partial charge in [-0.15, -0.1) is 6.58 Å². The number of rotatable bonds is 10. The summed E-state index contributed by atoms with van der Waals surface area (Å²) < 4.78 is 4.93. The standard InChI is InChI=1S/C12H24O2/c1-3-4-5-6-7-9-12(13)10-8-11-14-2/h3,12-13H,1,4-11H2,2H3. The third-order valence-electron chi connectivity index (χ3n) is 2.33. The van der Waals surface area contributed by atoms with Crippen molar-refractivity contribution in [2.24, 2.45) is 0 Å². The van der Waals surface area contributed by atoms with Crippen molar-refractivity contribution in [3.63, 3.8) is 0 Å². The second kappa shape index (κ2) is 10.7. The number of hydrogen-bond acceptors (Lipinski definition) is 2. The Morgan fingerprint density at radius 3 is 2.57 bits per heavy atom. The van der Waals surface area contributed by atoms with Crippen LogP contribution in [0.5, 0.6) is 0 Å². The maximum Gasteiger partial charge on any atom is 0.0541 e. The fraction of sp³-hybridized carbons (Fsp3) is 0.833. The molecule has 2 heteroatoms. The molecule has 0 radical (unpaired) electrons. The van der Waals surface area contributed by atoms with Gasteiger partial charge >= 0.3 is 0 Å². The molecule has 0 heterocycles. The van der Waals surface area contributed by atoms with Gasteiger partial charge in [0.2, 0.25) is 0 Å². The molecule has 0 aliphatic rings. The zero-order valence-corrected chi connectivity index (χ0v) is 9.37. The summed E-state index contributed by atoms with van der Waals surface area (Å²) in [5.41, 5.74) is 0. The van der Waals surface area contributed by atoms with Crippen LogP contribution in [0.1, 0.15) is 44.9 Å². The summed E-state index contributed by atoms with van der Waals surface area (Å²) in [7, 11) is 1.70. The summed E-state index contributed by atoms with van der Waals surface area (Å²) in [6.07, 6.45) is 9.22. The Morgan fingerprint density at radius 1 is 1.21 bits per heavy atom. The first-order valence-corrected chi connectivity index (χ1v) is 5.59. The van der Waals surface area contributed by atoms with Gasteiger partial charge in [0.05, 0.1) is 6.10 Å². The molecule has 0 saturated heterocycles. The largest absolute Gasteiger partial charge is 0.393 e. The topological polar surface area (TPSA) is 29.5 Å². The molecular weight excluding hydrogens is 176 g/mol. The lowest BCUT2D eigenvalue weighted by molar-refractivity contribution is 0.126. The second-order valence-electron chi connectivity index (χ2n) is 3.72. The Kier molecular flexibility index (Phi) is 10.5. The van der Waals surface area contributed by atoms with E-state index in [9.17, 15) is 5.11 Å². The number of hydrogen-bond donors (Lipinski definition) is 1. The lowest BCUT2D eigenvalue weighted by Crippen LogP contribution is -2.07. The van der Waals surface area contributed by atoms with Crippen molar-refractivity contribution in [2.45, 2.75) is 51.0 Å². The van der Waals surface area contributed by atoms with Crippen LogP contribution in [0.15, 0.2) is 12.7 Å². The van der Waals surface area contributed by atoms with Crippen molar-refractivity contribution in [3.05, 3.63) is 12.7 Å². The van der Waals surface area contributed by atoms with Crippen LogP contribution in [0.2, 0.25) is 0 Å². The van der Waals surface area contributed by atoms with Gasteiger partial charge < -0.3 is 9.84 Å². The first kappa shape index (κ1) is 13.7. The van der Waals surface area contributed by atoms with Crippen LogP contribution in [-0.4, -0.2) is 24.9 Å². The van der Waals surface area contributed by atoms with Crippen molar-refractivity contribution in [3.8, 4) is 0 Å². The molecule has 0 aliphatic heterocycles. The van der Waals surface area contributed by atoms with Gasteiger partial charge in [0.1, 0.15) is 0 Å². The predicted octanol–water partition coefficient (Wildman–Crippen LogP) is 2.91. The Morgan fingerprint density at radius 2 is 1.93 bits per heavy atom. The molecule has 0 amide bonds. The maximum atomic E-state index is 9.56. The zero-order chi connectivity index (χ0) is 10.6. The molecule has 0 aromatic rings. The van der Waals surface area contributed by atoms with Crippen molar-refractivity contribution >= 4 is 0 Å². The third-order valence-corrected chi connectivity index (χ3v) is 2.33. The minimum atomic E-state index is -0.131. The molecule has 0 saturated carbocycles. The van der Waals surface area contributed by atoms with Gasteiger partial charge in [-0.05, 0) is 32.1 Å². The quantitative estimate of drug-likeness (QED) is 0.434. The van der Waals surface area contributed by atoms with Gasteiger partial charge in [0.25, 0.3) is 0 Å². The van der Waals surface area contributed by atoms with Crippen molar-refractivity contribution in [2.75, 3.05) is 13.7 Å². The van der Waals surface area contributed by atoms with Crippen molar-refractivity contribution in [1.82, 2.24) is 0 Å². The van der Waals surface area contributed by atoms with E-state index in [2.05, 4.69) is 6.58 Å². The normalized spacial score (nSPS) is 12.7. The number of aliphatic hydroxyl groups is 1. The number of methoxy groups -OCH3 is 1. The van der Waals surface area contributed by atoms with Crippen LogP contribution in [0.25, 0.3) is 0 Å². The number of unbranched alkanes of at least 4 members (excludes halogenated alkanes) is 3. The van der Waals surface area contributed by atoms with E-state index in [4.69, 9.17) is 4.74 Å². The minimum Gasteiger partial charge on any atom is -0.393 e. The first-order valence-electron chi connectivity index (χ1n) is 5.59. The molecule has 0 rings (SSSR count). The van der Waals surface area contributed by atoms with Crippen molar-refractivity contribution < 1.29 is 9.84 Å². The monoisotopic (exact) mass is 200 g/mol. The maximum absolute atomic E-state index is 9.56. The summed E-state index contributed by atoms with van der Waals surface area (Å²) in [6, 6.07) is 0. The van der Waals surface area contributed by atoms with E-state index >= 15 is 0 Å². The van der Waals surface area contributed by atoms with Crippen LogP contribution < -0.4 is 0 Å². The Hall–Kier alpha value is -0.340. The summed E-state index contributed by atoms with van der Waals surface area (Å²) >= 11 is 0. The van der Waals surface area contributed by atoms with Gasteiger partial charge in [0, 0.05) is 13.7 Å². The molecule has 1 N–H and O–H groups in total. The van der Waals surface area contributed by atoms with E-state index < -0.39 is 0 Å². The van der Waals surface area contributed by atoms with E-state index in [0.29, 0.717) is 0 Å². The van der Waals surface area contributed by atoms with Crippen molar-refractivity contribution in [1.29, 1.82) is 0 Å². The smallest absolute Gasteiger partial charge is 0.0541 e. The molecule has 0 aromatic carbocycles. The highest BCUT2D eigenvalue weighted by molar-refractivity contribution is 4.65. The van der Waals surface area contributed by atoms with Gasteiger partial charge in [-0.25, -0.2) is 0 Å². The summed E-state index contributed by atoms with van der Waals surface area (Å²) in [6.45, 7) is 4.44. The molecule has 1 atom stereocenters. The van der Waals surface area contributed by atoms with E-state index in [-0.39, 0.29) is 6.10 Å². The Bertz CT molecular complexity index is 123. The average molecular weight is 200 g/mol. The number of aliphatic hydroxyl groups excluding tert-OH is 1. The predicted molar refractivity (Wildman–Crippen MR) is 60.4 cm³/mol. The van der Waals surface area contributed by atoms with Gasteiger partial charge in [-0.3, -0.25) is 0 Å². The molecule has 0 aromatic heterocycles. The summed E-state index contributed by atoms with van der Waals surface area (Å²) in [4.78, 5) is 0. The second-order valence-corrected chi connectivity index (χ2v) is 3.72. The van der Waals surface area contributed by atoms with E-state index in [0.717, 1.165) is 38.7 Å². The molecule has 0 aliphatic carbocycles. The fourth-order valence-corrected chi connectivity index (χ4v) is 1.45. The SMILES string of the molecule is C=CCCCCCC(O)CCCOC. The van der Waals surface area contributed by atoms with Crippen LogP contribution in [-0.2, 0) is 4.74 Å². The third kappa shape index (κ3) is 9.75. The molecule has 84 valence electrons. The minimum absolute atomic E-state index is 0.131. The first-order chi connectivity index (χ1) is 6.81. The molecular formula is C12H24O2. The molecule has 0 fully saturated rings. The van der Waals surface area contributed by atoms with E-state index in [1.807, 2.05) is 6.08 Å². The lowest BCUT2D eigenvalue weighted by atomic mass is 10.1. The molecule has 0 bridgehead atoms. The number of ether oxygens (including phenoxy) is 1. The summed E-state index contributed by atoms with van der Waals surface area (Å²) in [5, 5.41) is 9.56. The summed E-state index contributed by atoms with van der Waals surface area (Å²) in [5.74, 6) is 0. The molecule has 14 heavy (non-hydrogen) atoms. The average Bonchev–Trinajstić information content (AvgIpc) is 2.18. The zero-order valence-electron chi connectivity index (χ0n) is 9.37. The van der Waals surface area contributed by atoms with Gasteiger partial charge in [-0.1, -0.05) is 18.9 Å². The fourth-order valence-electron chi connectivity index (χ4n) is 1.45. The molecule has 1 unspecified atom stereocenters. The number of allylic oxidation sites excluding steroid dienone is 1. The highest BCUT2D eigenvalue weighted by Gasteiger charge is 2.02. The van der Waals surface area contributed by atoms with Crippen LogP contribution in [0.3, 0.4) is 0 Å². The van der Waals surface area contributed by atoms with Crippen LogP contribution in [0.4, 0.5) is 0 Å². The highest BCUT2D eigenvalue weighted by Crippen LogP contribution is 2.09. The van der Waals surface area contributed by atoms with E-state index in [1.54, 1.807) is 7.11 Å². The Labute approximate surface area is 88.0 Å². The molecule has 0 spiro atoms. The lowest BCUT2D eigenvalue weighted by Gasteiger charge is -2.09. The highest BCUT2D eigenvalue weighted by atomic mass is 16.5. The van der Waals surface area contributed by atoms with Gasteiger partial charge in [-0.2, -0.15) is 0 Å². The van der Waals surface area contributed by atoms with Crippen LogP contribution in [0, 0.1) is 0 Å². The Balaban J connectivity index is 3.09. The van der Waals surface area contributed by atoms with Crippen LogP contribution >= 0.6 is 0 Å². The van der Waals surface area contributed by atoms with Gasteiger partial charge in [0.15, 0.2) is 0 Å². The molecule has 2 nitrogen and oxygen atoms in total. The van der Waals surface area contributed by atoms with E-state index in [1.165, 1.54) is 12.8 Å².